The van der Waals surface area contributed by atoms with E-state index in [4.69, 9.17) is 9.47 Å². The first-order valence-corrected chi connectivity index (χ1v) is 8.45. The highest BCUT2D eigenvalue weighted by Crippen LogP contribution is 2.32. The van der Waals surface area contributed by atoms with Crippen LogP contribution in [0, 0.1) is 0 Å². The van der Waals surface area contributed by atoms with Crippen LogP contribution in [-0.2, 0) is 16.0 Å². The Kier molecular flexibility index (Phi) is 7.42. The molecule has 0 bridgehead atoms. The number of hydrogen-bond acceptors (Lipinski definition) is 6. The lowest BCUT2D eigenvalue weighted by molar-refractivity contribution is 0.0145. The Morgan fingerprint density at radius 1 is 1.26 bits per heavy atom. The molecule has 0 unspecified atom stereocenters. The number of nitrogens with zero attached hydrogens (tertiary/aromatic N) is 4. The number of carbonyl (C=O) groups is 2. The monoisotopic (exact) mass is 390 g/mol. The number of ether oxygens (including phenoxy) is 2. The summed E-state index contributed by atoms with van der Waals surface area (Å²) in [5.74, 6) is -3.42. The first-order valence-electron chi connectivity index (χ1n) is 8.45. The van der Waals surface area contributed by atoms with E-state index in [1.165, 1.54) is 25.1 Å². The summed E-state index contributed by atoms with van der Waals surface area (Å²) >= 11 is 0. The second kappa shape index (κ2) is 9.55. The summed E-state index contributed by atoms with van der Waals surface area (Å²) in [6.07, 6.45) is 0.875. The van der Waals surface area contributed by atoms with Crippen LogP contribution < -0.4 is 10.6 Å². The predicted molar refractivity (Wildman–Crippen MR) is 89.6 cm³/mol. The Balaban J connectivity index is 1.97. The lowest BCUT2D eigenvalue weighted by Crippen LogP contribution is -2.45. The van der Waals surface area contributed by atoms with Crippen molar-refractivity contribution in [2.24, 2.45) is 0 Å². The van der Waals surface area contributed by atoms with Gasteiger partial charge in [0.2, 0.25) is 0 Å². The van der Waals surface area contributed by atoms with Gasteiger partial charge in [0, 0.05) is 33.7 Å². The molecular formula is C15H24F2N6O4. The SMILES string of the molecule is COCCNC(=O)c1cn(C[C@@H]2CC(F)(F)CN2C(=O)NCCOC)nn1. The number of carbonyl (C=O) groups excluding carboxylic acids is 2. The highest BCUT2D eigenvalue weighted by molar-refractivity contribution is 5.91. The molecule has 0 aliphatic carbocycles. The van der Waals surface area contributed by atoms with Crippen LogP contribution in [0.25, 0.3) is 0 Å². The van der Waals surface area contributed by atoms with Gasteiger partial charge in [-0.25, -0.2) is 18.3 Å². The summed E-state index contributed by atoms with van der Waals surface area (Å²) in [6, 6.07) is -1.36. The topological polar surface area (TPSA) is 111 Å². The van der Waals surface area contributed by atoms with Crippen molar-refractivity contribution in [3.63, 3.8) is 0 Å². The molecule has 12 heteroatoms. The quantitative estimate of drug-likeness (QED) is 0.561. The van der Waals surface area contributed by atoms with Gasteiger partial charge in [-0.3, -0.25) is 4.79 Å². The number of amides is 3. The van der Waals surface area contributed by atoms with Crippen molar-refractivity contribution in [1.29, 1.82) is 0 Å². The fourth-order valence-corrected chi connectivity index (χ4v) is 2.72. The minimum atomic E-state index is -2.98. The zero-order chi connectivity index (χ0) is 19.9. The van der Waals surface area contributed by atoms with Gasteiger partial charge in [0.1, 0.15) is 0 Å². The molecular weight excluding hydrogens is 366 g/mol. The van der Waals surface area contributed by atoms with Gasteiger partial charge in [0.05, 0.1) is 38.5 Å². The molecule has 0 aromatic carbocycles. The van der Waals surface area contributed by atoms with Crippen LogP contribution in [0.2, 0.25) is 0 Å². The highest BCUT2D eigenvalue weighted by Gasteiger charge is 2.47. The molecule has 1 aliphatic rings. The van der Waals surface area contributed by atoms with E-state index in [0.29, 0.717) is 13.2 Å². The van der Waals surface area contributed by atoms with Gasteiger partial charge in [-0.15, -0.1) is 5.10 Å². The van der Waals surface area contributed by atoms with E-state index in [0.717, 1.165) is 4.90 Å². The molecule has 2 heterocycles. The van der Waals surface area contributed by atoms with Crippen molar-refractivity contribution >= 4 is 11.9 Å². The number of hydrogen-bond donors (Lipinski definition) is 2. The van der Waals surface area contributed by atoms with Gasteiger partial charge in [-0.05, 0) is 0 Å². The van der Waals surface area contributed by atoms with Gasteiger partial charge in [0.15, 0.2) is 5.69 Å². The Morgan fingerprint density at radius 2 is 1.93 bits per heavy atom. The van der Waals surface area contributed by atoms with E-state index in [-0.39, 0.29) is 25.4 Å². The standard InChI is InChI=1S/C15H24F2N6O4/c1-26-5-3-18-13(24)12-9-22(21-20-12)8-11-7-15(16,17)10-23(11)14(25)19-4-6-27-2/h9,11H,3-8,10H2,1-2H3,(H,18,24)(H,19,25)/t11-/m0/s1. The van der Waals surface area contributed by atoms with Crippen LogP contribution in [0.15, 0.2) is 6.20 Å². The average Bonchev–Trinajstić information content (AvgIpc) is 3.19. The van der Waals surface area contributed by atoms with E-state index in [2.05, 4.69) is 20.9 Å². The molecule has 1 atom stereocenters. The van der Waals surface area contributed by atoms with Gasteiger partial charge < -0.3 is 25.0 Å². The molecule has 152 valence electrons. The number of aromatic nitrogens is 3. The maximum atomic E-state index is 13.8. The molecule has 1 aliphatic heterocycles. The largest absolute Gasteiger partial charge is 0.383 e. The maximum Gasteiger partial charge on any atom is 0.318 e. The third-order valence-electron chi connectivity index (χ3n) is 3.98. The first kappa shape index (κ1) is 21.0. The minimum Gasteiger partial charge on any atom is -0.383 e. The predicted octanol–water partition coefficient (Wildman–Crippen LogP) is -0.280. The number of likely N-dealkylation sites (tertiary alicyclic amines) is 1. The molecule has 1 aromatic heterocycles. The Morgan fingerprint density at radius 3 is 2.59 bits per heavy atom. The van der Waals surface area contributed by atoms with Gasteiger partial charge in [-0.1, -0.05) is 5.21 Å². The van der Waals surface area contributed by atoms with E-state index in [1.807, 2.05) is 0 Å². The van der Waals surface area contributed by atoms with E-state index in [9.17, 15) is 18.4 Å². The van der Waals surface area contributed by atoms with E-state index >= 15 is 0 Å². The van der Waals surface area contributed by atoms with Crippen molar-refractivity contribution < 1.29 is 27.8 Å². The lowest BCUT2D eigenvalue weighted by Gasteiger charge is -2.23. The van der Waals surface area contributed by atoms with Crippen molar-refractivity contribution in [2.75, 3.05) is 47.1 Å². The molecule has 2 rings (SSSR count). The average molecular weight is 390 g/mol. The van der Waals surface area contributed by atoms with Gasteiger partial charge in [-0.2, -0.15) is 0 Å². The second-order valence-electron chi connectivity index (χ2n) is 6.14. The lowest BCUT2D eigenvalue weighted by atomic mass is 10.2. The van der Waals surface area contributed by atoms with E-state index < -0.39 is 36.9 Å². The zero-order valence-corrected chi connectivity index (χ0v) is 15.3. The molecule has 10 nitrogen and oxygen atoms in total. The number of urea groups is 1. The van der Waals surface area contributed by atoms with Gasteiger partial charge >= 0.3 is 6.03 Å². The summed E-state index contributed by atoms with van der Waals surface area (Å²) in [5.41, 5.74) is 0.0620. The molecule has 1 saturated heterocycles. The van der Waals surface area contributed by atoms with Crippen LogP contribution in [0.3, 0.4) is 0 Å². The summed E-state index contributed by atoms with van der Waals surface area (Å²) in [4.78, 5) is 25.2. The summed E-state index contributed by atoms with van der Waals surface area (Å²) in [7, 11) is 2.99. The smallest absolute Gasteiger partial charge is 0.318 e. The Hall–Kier alpha value is -2.34. The number of nitrogens with one attached hydrogen (secondary N) is 2. The molecule has 0 saturated carbocycles. The third-order valence-corrected chi connectivity index (χ3v) is 3.98. The number of methoxy groups -OCH3 is 2. The summed E-state index contributed by atoms with van der Waals surface area (Å²) in [6.45, 7) is 0.502. The van der Waals surface area contributed by atoms with Crippen LogP contribution in [0.5, 0.6) is 0 Å². The molecule has 0 spiro atoms. The van der Waals surface area contributed by atoms with Crippen molar-refractivity contribution in [3.8, 4) is 0 Å². The van der Waals surface area contributed by atoms with Crippen LogP contribution in [0.4, 0.5) is 13.6 Å². The molecule has 1 fully saturated rings. The highest BCUT2D eigenvalue weighted by atomic mass is 19.3. The molecule has 27 heavy (non-hydrogen) atoms. The van der Waals surface area contributed by atoms with Crippen LogP contribution in [0.1, 0.15) is 16.9 Å². The van der Waals surface area contributed by atoms with Crippen molar-refractivity contribution in [3.05, 3.63) is 11.9 Å². The number of rotatable bonds is 9. The van der Waals surface area contributed by atoms with Gasteiger partial charge in [0.25, 0.3) is 11.8 Å². The fraction of sp³-hybridized carbons (Fsp3) is 0.733. The Bertz CT molecular complexity index is 642. The molecule has 3 amide bonds. The normalized spacial score (nSPS) is 18.5. The Labute approximate surface area is 155 Å². The maximum absolute atomic E-state index is 13.8. The first-order chi connectivity index (χ1) is 12.9. The zero-order valence-electron chi connectivity index (χ0n) is 15.3. The number of halogens is 2. The summed E-state index contributed by atoms with van der Waals surface area (Å²) in [5, 5.41) is 12.7. The number of alkyl halides is 2. The molecule has 0 radical (unpaired) electrons. The second-order valence-corrected chi connectivity index (χ2v) is 6.14. The minimum absolute atomic E-state index is 0.00559. The van der Waals surface area contributed by atoms with Crippen molar-refractivity contribution in [1.82, 2.24) is 30.5 Å². The van der Waals surface area contributed by atoms with Crippen molar-refractivity contribution in [2.45, 2.75) is 24.9 Å². The summed E-state index contributed by atoms with van der Waals surface area (Å²) < 4.78 is 38.6. The van der Waals surface area contributed by atoms with Crippen LogP contribution >= 0.6 is 0 Å². The molecule has 2 N–H and O–H groups in total. The van der Waals surface area contributed by atoms with E-state index in [1.54, 1.807) is 0 Å². The van der Waals surface area contributed by atoms with Crippen LogP contribution in [-0.4, -0.2) is 90.9 Å². The fourth-order valence-electron chi connectivity index (χ4n) is 2.72. The third kappa shape index (κ3) is 6.10. The molecule has 1 aromatic rings.